The molecule has 1 heterocycles. The van der Waals surface area contributed by atoms with Crippen LogP contribution in [0.25, 0.3) is 0 Å². The van der Waals surface area contributed by atoms with Crippen molar-refractivity contribution in [3.05, 3.63) is 29.6 Å². The van der Waals surface area contributed by atoms with Crippen molar-refractivity contribution in [2.45, 2.75) is 17.4 Å². The van der Waals surface area contributed by atoms with E-state index in [0.29, 0.717) is 18.0 Å². The first-order valence-corrected chi connectivity index (χ1v) is 7.15. The topological polar surface area (TPSA) is 50.4 Å². The molecule has 1 aliphatic rings. The number of hydrogen-bond acceptors (Lipinski definition) is 3. The van der Waals surface area contributed by atoms with E-state index >= 15 is 0 Å². The highest BCUT2D eigenvalue weighted by molar-refractivity contribution is 7.99. The van der Waals surface area contributed by atoms with E-state index in [1.165, 1.54) is 17.8 Å². The normalized spacial score (nSPS) is 17.7. The van der Waals surface area contributed by atoms with Crippen molar-refractivity contribution in [2.24, 2.45) is 0 Å². The number of urea groups is 1. The van der Waals surface area contributed by atoms with Crippen LogP contribution < -0.4 is 10.6 Å². The molecular weight excluding hydrogens is 267 g/mol. The number of methoxy groups -OCH3 is 1. The smallest absolute Gasteiger partial charge is 0.315 e. The molecule has 2 amide bonds. The predicted octanol–water partition coefficient (Wildman–Crippen LogP) is 2.31. The van der Waals surface area contributed by atoms with Crippen molar-refractivity contribution in [3.8, 4) is 0 Å². The fourth-order valence-electron chi connectivity index (χ4n) is 2.01. The van der Waals surface area contributed by atoms with Gasteiger partial charge in [0.2, 0.25) is 0 Å². The molecule has 0 saturated carbocycles. The number of carbonyl (C=O) groups excluding carboxylic acids is 1. The third kappa shape index (κ3) is 3.61. The molecular formula is C13H17FN2O2S. The molecule has 1 aromatic carbocycles. The van der Waals surface area contributed by atoms with E-state index in [-0.39, 0.29) is 17.9 Å². The largest absolute Gasteiger partial charge is 0.383 e. The molecule has 104 valence electrons. The number of nitrogens with one attached hydrogen (secondary N) is 2. The number of halogens is 1. The van der Waals surface area contributed by atoms with Gasteiger partial charge in [0.25, 0.3) is 0 Å². The number of amides is 2. The Kier molecular flexibility index (Phi) is 5.04. The van der Waals surface area contributed by atoms with Crippen LogP contribution in [0, 0.1) is 5.82 Å². The Morgan fingerprint density at radius 3 is 3.21 bits per heavy atom. The monoisotopic (exact) mass is 284 g/mol. The summed E-state index contributed by atoms with van der Waals surface area (Å²) in [6, 6.07) is 4.62. The molecule has 1 atom stereocenters. The highest BCUT2D eigenvalue weighted by Gasteiger charge is 2.24. The minimum Gasteiger partial charge on any atom is -0.383 e. The number of benzene rings is 1. The van der Waals surface area contributed by atoms with Gasteiger partial charge in [0.05, 0.1) is 12.6 Å². The van der Waals surface area contributed by atoms with Crippen molar-refractivity contribution in [2.75, 3.05) is 26.0 Å². The van der Waals surface area contributed by atoms with Crippen LogP contribution in [0.5, 0.6) is 0 Å². The maximum absolute atomic E-state index is 13.7. The maximum atomic E-state index is 13.7. The Labute approximate surface area is 116 Å². The van der Waals surface area contributed by atoms with Crippen molar-refractivity contribution < 1.29 is 13.9 Å². The molecule has 0 radical (unpaired) electrons. The summed E-state index contributed by atoms with van der Waals surface area (Å²) in [7, 11) is 1.58. The van der Waals surface area contributed by atoms with E-state index < -0.39 is 0 Å². The van der Waals surface area contributed by atoms with Crippen LogP contribution in [-0.2, 0) is 4.74 Å². The molecule has 1 aromatic rings. The summed E-state index contributed by atoms with van der Waals surface area (Å²) < 4.78 is 18.5. The molecule has 0 unspecified atom stereocenters. The zero-order chi connectivity index (χ0) is 13.7. The zero-order valence-electron chi connectivity index (χ0n) is 10.7. The Morgan fingerprint density at radius 1 is 1.58 bits per heavy atom. The summed E-state index contributed by atoms with van der Waals surface area (Å²) in [5, 5.41) is 5.58. The predicted molar refractivity (Wildman–Crippen MR) is 72.9 cm³/mol. The molecule has 0 bridgehead atoms. The molecule has 0 spiro atoms. The summed E-state index contributed by atoms with van der Waals surface area (Å²) in [6.07, 6.45) is 0.804. The van der Waals surface area contributed by atoms with Gasteiger partial charge in [0.15, 0.2) is 0 Å². The van der Waals surface area contributed by atoms with E-state index in [2.05, 4.69) is 10.6 Å². The van der Waals surface area contributed by atoms with Crippen LogP contribution in [0.15, 0.2) is 23.1 Å². The quantitative estimate of drug-likeness (QED) is 0.834. The van der Waals surface area contributed by atoms with Crippen LogP contribution in [-0.4, -0.2) is 32.0 Å². The average Bonchev–Trinajstić information content (AvgIpc) is 2.40. The van der Waals surface area contributed by atoms with Crippen molar-refractivity contribution in [1.82, 2.24) is 10.6 Å². The van der Waals surface area contributed by atoms with Gasteiger partial charge in [0, 0.05) is 24.3 Å². The molecule has 1 aliphatic heterocycles. The molecule has 0 aliphatic carbocycles. The lowest BCUT2D eigenvalue weighted by atomic mass is 10.0. The van der Waals surface area contributed by atoms with E-state index in [4.69, 9.17) is 4.74 Å². The van der Waals surface area contributed by atoms with Gasteiger partial charge in [-0.05, 0) is 18.1 Å². The van der Waals surface area contributed by atoms with E-state index in [9.17, 15) is 9.18 Å². The highest BCUT2D eigenvalue weighted by atomic mass is 32.2. The number of hydrogen-bond donors (Lipinski definition) is 2. The molecule has 2 N–H and O–H groups in total. The lowest BCUT2D eigenvalue weighted by molar-refractivity contribution is 0.195. The lowest BCUT2D eigenvalue weighted by Gasteiger charge is -2.26. The Hall–Kier alpha value is -1.27. The van der Waals surface area contributed by atoms with Crippen LogP contribution >= 0.6 is 11.8 Å². The second kappa shape index (κ2) is 6.77. The van der Waals surface area contributed by atoms with Crippen molar-refractivity contribution in [3.63, 3.8) is 0 Å². The molecule has 6 heteroatoms. The molecule has 0 fully saturated rings. The zero-order valence-corrected chi connectivity index (χ0v) is 11.6. The second-order valence-corrected chi connectivity index (χ2v) is 5.35. The number of thioether (sulfide) groups is 1. The van der Waals surface area contributed by atoms with Gasteiger partial charge in [-0.15, -0.1) is 11.8 Å². The summed E-state index contributed by atoms with van der Waals surface area (Å²) in [6.45, 7) is 0.930. The molecule has 0 aromatic heterocycles. The lowest BCUT2D eigenvalue weighted by Crippen LogP contribution is -2.40. The summed E-state index contributed by atoms with van der Waals surface area (Å²) in [4.78, 5) is 12.4. The standard InChI is InChI=1S/C13H17FN2O2S/c1-18-7-6-15-13(17)16-11-5-8-19-12-9(11)3-2-4-10(12)14/h2-4,11H,5-8H2,1H3,(H2,15,16,17)/t11-/m0/s1. The molecule has 4 nitrogen and oxygen atoms in total. The van der Waals surface area contributed by atoms with Crippen LogP contribution in [0.1, 0.15) is 18.0 Å². The Balaban J connectivity index is 1.99. The summed E-state index contributed by atoms with van der Waals surface area (Å²) in [5.41, 5.74) is 0.859. The number of rotatable bonds is 4. The van der Waals surface area contributed by atoms with Crippen LogP contribution in [0.4, 0.5) is 9.18 Å². The fourth-order valence-corrected chi connectivity index (χ4v) is 3.15. The first kappa shape index (κ1) is 14.1. The summed E-state index contributed by atoms with van der Waals surface area (Å²) in [5.74, 6) is 0.588. The minimum atomic E-state index is -0.246. The van der Waals surface area contributed by atoms with E-state index in [1.54, 1.807) is 13.2 Å². The van der Waals surface area contributed by atoms with Gasteiger partial charge in [-0.2, -0.15) is 0 Å². The van der Waals surface area contributed by atoms with Crippen molar-refractivity contribution in [1.29, 1.82) is 0 Å². The SMILES string of the molecule is COCCNC(=O)N[C@H]1CCSc2c(F)cccc21. The second-order valence-electron chi connectivity index (χ2n) is 4.24. The average molecular weight is 284 g/mol. The van der Waals surface area contributed by atoms with Gasteiger partial charge in [0.1, 0.15) is 5.82 Å². The van der Waals surface area contributed by atoms with Crippen LogP contribution in [0.2, 0.25) is 0 Å². The Bertz CT molecular complexity index is 456. The van der Waals surface area contributed by atoms with Crippen LogP contribution in [0.3, 0.4) is 0 Å². The fraction of sp³-hybridized carbons (Fsp3) is 0.462. The third-order valence-electron chi connectivity index (χ3n) is 2.92. The molecule has 2 rings (SSSR count). The summed E-state index contributed by atoms with van der Waals surface area (Å²) >= 11 is 1.50. The third-order valence-corrected chi connectivity index (χ3v) is 4.08. The molecule has 0 saturated heterocycles. The van der Waals surface area contributed by atoms with Gasteiger partial charge < -0.3 is 15.4 Å². The number of carbonyl (C=O) groups is 1. The minimum absolute atomic E-state index is 0.130. The van der Waals surface area contributed by atoms with Gasteiger partial charge in [-0.3, -0.25) is 0 Å². The van der Waals surface area contributed by atoms with E-state index in [1.807, 2.05) is 6.07 Å². The Morgan fingerprint density at radius 2 is 2.42 bits per heavy atom. The van der Waals surface area contributed by atoms with E-state index in [0.717, 1.165) is 17.7 Å². The number of fused-ring (bicyclic) bond motifs is 1. The van der Waals surface area contributed by atoms with Gasteiger partial charge in [-0.25, -0.2) is 9.18 Å². The first-order chi connectivity index (χ1) is 9.22. The van der Waals surface area contributed by atoms with Gasteiger partial charge >= 0.3 is 6.03 Å². The van der Waals surface area contributed by atoms with Gasteiger partial charge in [-0.1, -0.05) is 12.1 Å². The molecule has 19 heavy (non-hydrogen) atoms. The van der Waals surface area contributed by atoms with Crippen molar-refractivity contribution >= 4 is 17.8 Å². The maximum Gasteiger partial charge on any atom is 0.315 e. The first-order valence-electron chi connectivity index (χ1n) is 6.17. The highest BCUT2D eigenvalue weighted by Crippen LogP contribution is 2.37. The number of ether oxygens (including phenoxy) is 1.